The highest BCUT2D eigenvalue weighted by molar-refractivity contribution is 7.98. The molecule has 1 aromatic rings. The summed E-state index contributed by atoms with van der Waals surface area (Å²) in [7, 11) is 0. The van der Waals surface area contributed by atoms with Gasteiger partial charge in [-0.15, -0.1) is 0 Å². The average molecular weight is 286 g/mol. The van der Waals surface area contributed by atoms with Gasteiger partial charge in [-0.2, -0.15) is 11.8 Å². The summed E-state index contributed by atoms with van der Waals surface area (Å²) >= 11 is 8.03. The van der Waals surface area contributed by atoms with E-state index >= 15 is 0 Å². The van der Waals surface area contributed by atoms with Gasteiger partial charge in [0.1, 0.15) is 5.75 Å². The molecule has 1 heterocycles. The van der Waals surface area contributed by atoms with Crippen molar-refractivity contribution in [2.24, 2.45) is 0 Å². The number of benzene rings is 1. The number of hydrogen-bond donors (Lipinski definition) is 1. The van der Waals surface area contributed by atoms with Gasteiger partial charge < -0.3 is 10.1 Å². The highest BCUT2D eigenvalue weighted by atomic mass is 35.5. The molecule has 0 saturated carbocycles. The molecule has 0 radical (unpaired) electrons. The van der Waals surface area contributed by atoms with Gasteiger partial charge in [-0.1, -0.05) is 18.5 Å². The number of fused-ring (bicyclic) bond motifs is 1. The quantitative estimate of drug-likeness (QED) is 0.864. The predicted molar refractivity (Wildman–Crippen MR) is 80.0 cm³/mol. The van der Waals surface area contributed by atoms with Crippen LogP contribution in [0.1, 0.15) is 24.5 Å². The van der Waals surface area contributed by atoms with E-state index in [1.807, 2.05) is 23.9 Å². The molecule has 1 N–H and O–H groups in total. The molecule has 4 heteroatoms. The van der Waals surface area contributed by atoms with Crippen LogP contribution in [0.5, 0.6) is 5.75 Å². The second-order valence-corrected chi connectivity index (χ2v) is 5.94. The Labute approximate surface area is 118 Å². The van der Waals surface area contributed by atoms with E-state index in [1.165, 1.54) is 11.1 Å². The summed E-state index contributed by atoms with van der Waals surface area (Å²) in [5.74, 6) is 2.19. The Morgan fingerprint density at radius 1 is 1.50 bits per heavy atom. The topological polar surface area (TPSA) is 21.3 Å². The lowest BCUT2D eigenvalue weighted by Crippen LogP contribution is -2.30. The van der Waals surface area contributed by atoms with Crippen LogP contribution >= 0.6 is 23.4 Å². The van der Waals surface area contributed by atoms with Crippen LogP contribution in [0.4, 0.5) is 0 Å². The summed E-state index contributed by atoms with van der Waals surface area (Å²) in [5.41, 5.74) is 2.44. The second kappa shape index (κ2) is 6.69. The molecule has 100 valence electrons. The van der Waals surface area contributed by atoms with Crippen LogP contribution < -0.4 is 10.1 Å². The van der Waals surface area contributed by atoms with Crippen LogP contribution in [-0.4, -0.2) is 24.7 Å². The van der Waals surface area contributed by atoms with E-state index in [-0.39, 0.29) is 0 Å². The molecule has 0 aliphatic carbocycles. The third-order valence-corrected chi connectivity index (χ3v) is 4.22. The molecule has 0 fully saturated rings. The standard InChI is InChI=1S/C14H20ClNOS/c1-3-13(9-18-2)16-8-11-7-12(15)6-10-4-5-17-14(10)11/h6-7,13,16H,3-5,8-9H2,1-2H3. The van der Waals surface area contributed by atoms with Crippen molar-refractivity contribution < 1.29 is 4.74 Å². The van der Waals surface area contributed by atoms with Crippen molar-refractivity contribution in [1.82, 2.24) is 5.32 Å². The van der Waals surface area contributed by atoms with E-state index in [0.29, 0.717) is 6.04 Å². The third kappa shape index (κ3) is 3.34. The Hall–Kier alpha value is -0.380. The van der Waals surface area contributed by atoms with Crippen LogP contribution in [-0.2, 0) is 13.0 Å². The summed E-state index contributed by atoms with van der Waals surface area (Å²) < 4.78 is 5.71. The number of hydrogen-bond acceptors (Lipinski definition) is 3. The Bertz CT molecular complexity index is 411. The maximum atomic E-state index is 6.15. The van der Waals surface area contributed by atoms with Crippen LogP contribution in [0.3, 0.4) is 0 Å². The van der Waals surface area contributed by atoms with Gasteiger partial charge in [0, 0.05) is 35.3 Å². The fourth-order valence-electron chi connectivity index (χ4n) is 2.25. The van der Waals surface area contributed by atoms with E-state index in [0.717, 1.165) is 42.5 Å². The second-order valence-electron chi connectivity index (χ2n) is 4.59. The molecule has 1 unspecified atom stereocenters. The van der Waals surface area contributed by atoms with Crippen LogP contribution in [0, 0.1) is 0 Å². The molecule has 18 heavy (non-hydrogen) atoms. The largest absolute Gasteiger partial charge is 0.493 e. The minimum absolute atomic E-state index is 0.552. The van der Waals surface area contributed by atoms with Crippen LogP contribution in [0.2, 0.25) is 5.02 Å². The molecule has 1 aliphatic heterocycles. The smallest absolute Gasteiger partial charge is 0.127 e. The van der Waals surface area contributed by atoms with Crippen molar-refractivity contribution >= 4 is 23.4 Å². The molecule has 0 amide bonds. The average Bonchev–Trinajstić information content (AvgIpc) is 2.82. The molecule has 0 spiro atoms. The third-order valence-electron chi connectivity index (χ3n) is 3.27. The lowest BCUT2D eigenvalue weighted by Gasteiger charge is -2.17. The van der Waals surface area contributed by atoms with Crippen LogP contribution in [0.25, 0.3) is 0 Å². The van der Waals surface area contributed by atoms with Gasteiger partial charge in [-0.3, -0.25) is 0 Å². The summed E-state index contributed by atoms with van der Waals surface area (Å²) in [5, 5.41) is 4.40. The zero-order valence-corrected chi connectivity index (χ0v) is 12.5. The predicted octanol–water partition coefficient (Wildman–Crippen LogP) is 3.51. The van der Waals surface area contributed by atoms with Crippen molar-refractivity contribution in [3.8, 4) is 5.75 Å². The minimum atomic E-state index is 0.552. The Kier molecular flexibility index (Phi) is 5.22. The first-order chi connectivity index (χ1) is 8.74. The number of thioether (sulfide) groups is 1. The maximum absolute atomic E-state index is 6.15. The lowest BCUT2D eigenvalue weighted by molar-refractivity contribution is 0.351. The van der Waals surface area contributed by atoms with Crippen LogP contribution in [0.15, 0.2) is 12.1 Å². The van der Waals surface area contributed by atoms with Crippen molar-refractivity contribution in [3.05, 3.63) is 28.3 Å². The van der Waals surface area contributed by atoms with E-state index in [9.17, 15) is 0 Å². The van der Waals surface area contributed by atoms with E-state index in [4.69, 9.17) is 16.3 Å². The first kappa shape index (κ1) is 14.0. The molecule has 1 aliphatic rings. The maximum Gasteiger partial charge on any atom is 0.127 e. The number of nitrogens with one attached hydrogen (secondary N) is 1. The van der Waals surface area contributed by atoms with Crippen molar-refractivity contribution in [2.45, 2.75) is 32.4 Å². The summed E-state index contributed by atoms with van der Waals surface area (Å²) in [4.78, 5) is 0. The van der Waals surface area contributed by atoms with Crippen molar-refractivity contribution in [3.63, 3.8) is 0 Å². The molecule has 2 rings (SSSR count). The molecule has 0 bridgehead atoms. The van der Waals surface area contributed by atoms with Gasteiger partial charge in [0.05, 0.1) is 6.61 Å². The number of ether oxygens (including phenoxy) is 1. The normalized spacial score (nSPS) is 15.3. The molecule has 0 aromatic heterocycles. The first-order valence-corrected chi connectivity index (χ1v) is 8.18. The van der Waals surface area contributed by atoms with Gasteiger partial charge in [-0.05, 0) is 30.4 Å². The number of rotatable bonds is 6. The zero-order valence-electron chi connectivity index (χ0n) is 11.0. The Balaban J connectivity index is 2.05. The van der Waals surface area contributed by atoms with Gasteiger partial charge in [-0.25, -0.2) is 0 Å². The van der Waals surface area contributed by atoms with Gasteiger partial charge in [0.2, 0.25) is 0 Å². The van der Waals surface area contributed by atoms with Gasteiger partial charge >= 0.3 is 0 Å². The fraction of sp³-hybridized carbons (Fsp3) is 0.571. The molecule has 1 atom stereocenters. The summed E-state index contributed by atoms with van der Waals surface area (Å²) in [6, 6.07) is 4.59. The Morgan fingerprint density at radius 3 is 3.06 bits per heavy atom. The molecule has 1 aromatic carbocycles. The van der Waals surface area contributed by atoms with E-state index < -0.39 is 0 Å². The highest BCUT2D eigenvalue weighted by Gasteiger charge is 2.18. The molecule has 2 nitrogen and oxygen atoms in total. The van der Waals surface area contributed by atoms with Crippen molar-refractivity contribution in [1.29, 1.82) is 0 Å². The number of halogens is 1. The minimum Gasteiger partial charge on any atom is -0.493 e. The van der Waals surface area contributed by atoms with E-state index in [2.05, 4.69) is 18.5 Å². The van der Waals surface area contributed by atoms with Crippen molar-refractivity contribution in [2.75, 3.05) is 18.6 Å². The first-order valence-electron chi connectivity index (χ1n) is 6.41. The SMILES string of the molecule is CCC(CSC)NCc1cc(Cl)cc2c1OCC2. The highest BCUT2D eigenvalue weighted by Crippen LogP contribution is 2.32. The molecule has 0 saturated heterocycles. The lowest BCUT2D eigenvalue weighted by atomic mass is 10.1. The fourth-order valence-corrected chi connectivity index (χ4v) is 3.27. The zero-order chi connectivity index (χ0) is 13.0. The molecular formula is C14H20ClNOS. The monoisotopic (exact) mass is 285 g/mol. The van der Waals surface area contributed by atoms with Gasteiger partial charge in [0.25, 0.3) is 0 Å². The van der Waals surface area contributed by atoms with E-state index in [1.54, 1.807) is 0 Å². The Morgan fingerprint density at radius 2 is 2.33 bits per heavy atom. The van der Waals surface area contributed by atoms with Gasteiger partial charge in [0.15, 0.2) is 0 Å². The molecular weight excluding hydrogens is 266 g/mol. The summed E-state index contributed by atoms with van der Waals surface area (Å²) in [6.45, 7) is 3.83. The summed E-state index contributed by atoms with van der Waals surface area (Å²) in [6.07, 6.45) is 4.26.